The molecule has 38 heavy (non-hydrogen) atoms. The summed E-state index contributed by atoms with van der Waals surface area (Å²) in [5.74, 6) is -3.84. The van der Waals surface area contributed by atoms with Crippen LogP contribution in [0.3, 0.4) is 0 Å². The highest BCUT2D eigenvalue weighted by atomic mass is 16.7. The lowest BCUT2D eigenvalue weighted by atomic mass is 10.2. The van der Waals surface area contributed by atoms with E-state index < -0.39 is 72.1 Å². The topological polar surface area (TPSA) is 190 Å². The highest BCUT2D eigenvalue weighted by molar-refractivity contribution is 6.01. The molecule has 15 heteroatoms. The molecule has 0 unspecified atom stereocenters. The van der Waals surface area contributed by atoms with Gasteiger partial charge in [-0.15, -0.1) is 5.06 Å². The highest BCUT2D eigenvalue weighted by Gasteiger charge is 2.33. The number of hydrogen-bond donors (Lipinski definition) is 3. The van der Waals surface area contributed by atoms with Gasteiger partial charge in [0.15, 0.2) is 0 Å². The van der Waals surface area contributed by atoms with Crippen molar-refractivity contribution >= 4 is 41.8 Å². The fourth-order valence-corrected chi connectivity index (χ4v) is 2.80. The maximum absolute atomic E-state index is 12.6. The molecule has 0 aliphatic carbocycles. The average molecular weight is 544 g/mol. The number of imide groups is 1. The molecule has 1 fully saturated rings. The highest BCUT2D eigenvalue weighted by Crippen LogP contribution is 2.12. The third kappa shape index (κ3) is 12.4. The Balaban J connectivity index is 2.61. The van der Waals surface area contributed by atoms with Crippen molar-refractivity contribution in [2.24, 2.45) is 0 Å². The lowest BCUT2D eigenvalue weighted by Gasteiger charge is -2.27. The van der Waals surface area contributed by atoms with Gasteiger partial charge in [-0.2, -0.15) is 0 Å². The second kappa shape index (κ2) is 13.6. The summed E-state index contributed by atoms with van der Waals surface area (Å²) < 4.78 is 10.4. The van der Waals surface area contributed by atoms with Crippen LogP contribution >= 0.6 is 0 Å². The summed E-state index contributed by atoms with van der Waals surface area (Å²) in [6, 6.07) is -1.12. The molecule has 0 aromatic heterocycles. The zero-order chi connectivity index (χ0) is 29.3. The number of nitrogens with zero attached hydrogens (tertiary/aromatic N) is 2. The van der Waals surface area contributed by atoms with Gasteiger partial charge in [-0.25, -0.2) is 14.4 Å². The molecule has 0 aromatic rings. The smallest absolute Gasteiger partial charge is 0.410 e. The Hall–Kier alpha value is -3.91. The van der Waals surface area contributed by atoms with Gasteiger partial charge >= 0.3 is 18.2 Å². The molecular weight excluding hydrogens is 506 g/mol. The minimum atomic E-state index is -1.12. The lowest BCUT2D eigenvalue weighted by Crippen LogP contribution is -2.51. The van der Waals surface area contributed by atoms with E-state index in [-0.39, 0.29) is 25.9 Å². The number of amides is 6. The minimum Gasteiger partial charge on any atom is -0.444 e. The van der Waals surface area contributed by atoms with Crippen LogP contribution < -0.4 is 16.0 Å². The van der Waals surface area contributed by atoms with Crippen LogP contribution in [0.15, 0.2) is 0 Å². The molecule has 0 spiro atoms. The number of hydrogen-bond acceptors (Lipinski definition) is 10. The molecule has 1 heterocycles. The zero-order valence-electron chi connectivity index (χ0n) is 22.8. The Kier molecular flexibility index (Phi) is 11.5. The molecule has 214 valence electrons. The Morgan fingerprint density at radius 2 is 1.47 bits per heavy atom. The van der Waals surface area contributed by atoms with Gasteiger partial charge in [0.2, 0.25) is 11.8 Å². The maximum atomic E-state index is 12.6. The summed E-state index contributed by atoms with van der Waals surface area (Å²) in [5, 5.41) is 7.44. The van der Waals surface area contributed by atoms with Gasteiger partial charge in [0.1, 0.15) is 30.3 Å². The van der Waals surface area contributed by atoms with Crippen LogP contribution in [0.1, 0.15) is 61.3 Å². The summed E-state index contributed by atoms with van der Waals surface area (Å²) >= 11 is 0. The molecule has 0 saturated carbocycles. The van der Waals surface area contributed by atoms with E-state index in [9.17, 15) is 33.6 Å². The monoisotopic (exact) mass is 543 g/mol. The Bertz CT molecular complexity index is 922. The predicted octanol–water partition coefficient (Wildman–Crippen LogP) is -0.0237. The maximum Gasteiger partial charge on any atom is 0.410 e. The van der Waals surface area contributed by atoms with Crippen molar-refractivity contribution in [3.63, 3.8) is 0 Å². The van der Waals surface area contributed by atoms with Crippen LogP contribution in [0.2, 0.25) is 0 Å². The number of hydroxylamine groups is 2. The van der Waals surface area contributed by atoms with Gasteiger partial charge in [-0.3, -0.25) is 24.1 Å². The van der Waals surface area contributed by atoms with E-state index in [0.717, 1.165) is 4.90 Å². The molecule has 1 aliphatic rings. The van der Waals surface area contributed by atoms with E-state index in [0.29, 0.717) is 5.06 Å². The van der Waals surface area contributed by atoms with Crippen molar-refractivity contribution in [2.45, 2.75) is 78.6 Å². The summed E-state index contributed by atoms with van der Waals surface area (Å²) in [6.45, 7) is 10.1. The summed E-state index contributed by atoms with van der Waals surface area (Å²) in [7, 11) is 0. The van der Waals surface area contributed by atoms with E-state index in [1.165, 1.54) is 6.92 Å². The molecule has 6 amide bonds. The van der Waals surface area contributed by atoms with Crippen molar-refractivity contribution in [1.29, 1.82) is 0 Å². The van der Waals surface area contributed by atoms with Crippen molar-refractivity contribution in [3.05, 3.63) is 0 Å². The molecule has 0 radical (unpaired) electrons. The van der Waals surface area contributed by atoms with E-state index in [1.807, 2.05) is 0 Å². The van der Waals surface area contributed by atoms with Gasteiger partial charge in [-0.05, 0) is 48.5 Å². The molecule has 1 aliphatic heterocycles. The van der Waals surface area contributed by atoms with E-state index in [1.54, 1.807) is 41.5 Å². The van der Waals surface area contributed by atoms with Gasteiger partial charge < -0.3 is 30.3 Å². The zero-order valence-corrected chi connectivity index (χ0v) is 22.8. The number of carbonyl (C=O) groups is 7. The minimum absolute atomic E-state index is 0.0401. The number of rotatable bonds is 10. The second-order valence-corrected chi connectivity index (χ2v) is 10.4. The number of alkyl carbamates (subject to hydrolysis) is 1. The average Bonchev–Trinajstić information content (AvgIpc) is 3.06. The first kappa shape index (κ1) is 32.1. The third-order valence-corrected chi connectivity index (χ3v) is 4.41. The first-order valence-corrected chi connectivity index (χ1v) is 12.0. The molecule has 1 atom stereocenters. The number of nitrogens with one attached hydrogen (secondary N) is 3. The van der Waals surface area contributed by atoms with Gasteiger partial charge in [0.05, 0.1) is 0 Å². The molecular formula is C23H37N5O10. The number of ether oxygens (including phenoxy) is 2. The quantitative estimate of drug-likeness (QED) is 0.316. The molecule has 15 nitrogen and oxygen atoms in total. The first-order valence-electron chi connectivity index (χ1n) is 12.0. The Labute approximate surface area is 220 Å². The van der Waals surface area contributed by atoms with Gasteiger partial charge in [-0.1, -0.05) is 0 Å². The fraction of sp³-hybridized carbons (Fsp3) is 0.696. The Morgan fingerprint density at radius 3 is 2.00 bits per heavy atom. The van der Waals surface area contributed by atoms with Crippen molar-refractivity contribution < 1.29 is 47.9 Å². The molecule has 3 N–H and O–H groups in total. The SMILES string of the molecule is C[C@H](NC(=O)CN(CCNC(=O)OC(C)(C)C)C(=O)OC(C)(C)C)C(=O)NCC(=O)ON1C(=O)CCC1=O. The fourth-order valence-electron chi connectivity index (χ4n) is 2.80. The second-order valence-electron chi connectivity index (χ2n) is 10.4. The van der Waals surface area contributed by atoms with Crippen LogP contribution in [-0.2, 0) is 38.3 Å². The van der Waals surface area contributed by atoms with Crippen LogP contribution in [0.4, 0.5) is 9.59 Å². The van der Waals surface area contributed by atoms with Crippen molar-refractivity contribution in [1.82, 2.24) is 25.9 Å². The van der Waals surface area contributed by atoms with E-state index >= 15 is 0 Å². The van der Waals surface area contributed by atoms with Crippen LogP contribution in [0, 0.1) is 0 Å². The Morgan fingerprint density at radius 1 is 0.921 bits per heavy atom. The largest absolute Gasteiger partial charge is 0.444 e. The molecule has 1 saturated heterocycles. The lowest BCUT2D eigenvalue weighted by molar-refractivity contribution is -0.196. The van der Waals surface area contributed by atoms with Crippen LogP contribution in [0.25, 0.3) is 0 Å². The van der Waals surface area contributed by atoms with Gasteiger partial charge in [0.25, 0.3) is 11.8 Å². The summed E-state index contributed by atoms with van der Waals surface area (Å²) in [4.78, 5) is 89.7. The summed E-state index contributed by atoms with van der Waals surface area (Å²) in [6.07, 6.45) is -1.66. The van der Waals surface area contributed by atoms with Crippen molar-refractivity contribution in [2.75, 3.05) is 26.2 Å². The van der Waals surface area contributed by atoms with Crippen LogP contribution in [0.5, 0.6) is 0 Å². The van der Waals surface area contributed by atoms with E-state index in [2.05, 4.69) is 20.8 Å². The molecule has 0 aromatic carbocycles. The van der Waals surface area contributed by atoms with Crippen LogP contribution in [-0.4, -0.2) is 95.2 Å². The first-order chi connectivity index (χ1) is 17.4. The standard InChI is InChI=1S/C23H37N5O10/c1-14(19(33)25-12-18(32)38-28-16(30)8-9-17(28)31)26-15(29)13-27(21(35)37-23(5,6)7)11-10-24-20(34)36-22(2,3)4/h14H,8-13H2,1-7H3,(H,24,34)(H,25,33)(H,26,29)/t14-/m0/s1. The normalized spacial score (nSPS) is 14.3. The van der Waals surface area contributed by atoms with E-state index in [4.69, 9.17) is 9.47 Å². The van der Waals surface area contributed by atoms with Gasteiger partial charge in [0, 0.05) is 25.9 Å². The molecule has 1 rings (SSSR count). The summed E-state index contributed by atoms with van der Waals surface area (Å²) in [5.41, 5.74) is -1.57. The molecule has 0 bridgehead atoms. The predicted molar refractivity (Wildman–Crippen MR) is 130 cm³/mol. The third-order valence-electron chi connectivity index (χ3n) is 4.41. The number of carbonyl (C=O) groups excluding carboxylic acids is 7. The van der Waals surface area contributed by atoms with Crippen molar-refractivity contribution in [3.8, 4) is 0 Å².